The molecule has 1 aromatic carbocycles. The van der Waals surface area contributed by atoms with Gasteiger partial charge in [0.2, 0.25) is 0 Å². The molecule has 0 aliphatic carbocycles. The van der Waals surface area contributed by atoms with Crippen LogP contribution < -0.4 is 5.30 Å². The molecule has 4 heterocycles. The van der Waals surface area contributed by atoms with E-state index in [1.807, 2.05) is 41.5 Å². The van der Waals surface area contributed by atoms with Crippen molar-refractivity contribution in [2.75, 3.05) is 13.3 Å². The molecule has 250 valence electrons. The summed E-state index contributed by atoms with van der Waals surface area (Å²) in [5.41, 5.74) is 0.787. The van der Waals surface area contributed by atoms with Crippen LogP contribution in [0.4, 0.5) is 26.3 Å². The maximum absolute atomic E-state index is 14.4. The zero-order valence-corrected chi connectivity index (χ0v) is 28.0. The first-order valence-electron chi connectivity index (χ1n) is 14.6. The number of pyridine rings is 2. The van der Waals surface area contributed by atoms with Gasteiger partial charge in [0, 0.05) is 0 Å². The molecule has 0 aliphatic heterocycles. The minimum atomic E-state index is -4.99. The van der Waals surface area contributed by atoms with Crippen LogP contribution >= 0.6 is 6.90 Å². The summed E-state index contributed by atoms with van der Waals surface area (Å²) in [7, 11) is 0. The molecule has 0 spiro atoms. The van der Waals surface area contributed by atoms with Gasteiger partial charge in [-0.2, -0.15) is 0 Å². The first kappa shape index (κ1) is 34.2. The molecule has 0 radical (unpaired) electrons. The average molecular weight is 677 g/mol. The Morgan fingerprint density at radius 2 is 0.957 bits per heavy atom. The number of hydrogen-bond acceptors (Lipinski definition) is 6. The Hall–Kier alpha value is -4.19. The number of nitrogens with zero attached hydrogens (tertiary/aromatic N) is 8. The second-order valence-electron chi connectivity index (χ2n) is 14.0. The zero-order chi connectivity index (χ0) is 34.8. The second-order valence-corrected chi connectivity index (χ2v) is 19.2. The van der Waals surface area contributed by atoms with Gasteiger partial charge < -0.3 is 0 Å². The van der Waals surface area contributed by atoms with E-state index in [0.717, 1.165) is 20.0 Å². The monoisotopic (exact) mass is 676 g/mol. The van der Waals surface area contributed by atoms with Gasteiger partial charge in [-0.25, -0.2) is 0 Å². The van der Waals surface area contributed by atoms with Gasteiger partial charge in [0.15, 0.2) is 0 Å². The van der Waals surface area contributed by atoms with Crippen molar-refractivity contribution in [3.63, 3.8) is 0 Å². The van der Waals surface area contributed by atoms with Crippen molar-refractivity contribution in [2.45, 2.75) is 64.7 Å². The molecule has 0 fully saturated rings. The molecule has 0 aliphatic rings. The van der Waals surface area contributed by atoms with Crippen molar-refractivity contribution >= 4 is 12.2 Å². The Morgan fingerprint density at radius 1 is 0.574 bits per heavy atom. The van der Waals surface area contributed by atoms with Gasteiger partial charge in [0.1, 0.15) is 0 Å². The van der Waals surface area contributed by atoms with Crippen LogP contribution in [-0.4, -0.2) is 52.4 Å². The summed E-state index contributed by atoms with van der Waals surface area (Å²) in [6, 6.07) is 14.9. The molecule has 5 rings (SSSR count). The van der Waals surface area contributed by atoms with Crippen LogP contribution in [0.5, 0.6) is 0 Å². The maximum atomic E-state index is 14.4. The van der Waals surface area contributed by atoms with Crippen LogP contribution in [0.15, 0.2) is 67.0 Å². The fourth-order valence-electron chi connectivity index (χ4n) is 5.19. The predicted octanol–water partition coefficient (Wildman–Crippen LogP) is 7.99. The molecular formula is C32H35F6N8P. The quantitative estimate of drug-likeness (QED) is 0.139. The van der Waals surface area contributed by atoms with Crippen LogP contribution in [0.2, 0.25) is 0 Å². The van der Waals surface area contributed by atoms with Crippen molar-refractivity contribution in [1.82, 2.24) is 39.0 Å². The molecule has 15 heteroatoms. The summed E-state index contributed by atoms with van der Waals surface area (Å²) in [5.74, 6) is -3.54. The Kier molecular flexibility index (Phi) is 7.94. The molecule has 0 atom stereocenters. The molecular weight excluding hydrogens is 641 g/mol. The SMILES string of the molecule is CC(C)(C)c1ccnc(-c2nc(C(F)(F)F)nn2P(C)(C)(c2ccccc2)n2nc(C(F)(F)F)nc2-c2cc(C(C)(C)C)ccn2)c1. The van der Waals surface area contributed by atoms with E-state index in [2.05, 4.69) is 30.1 Å². The van der Waals surface area contributed by atoms with Gasteiger partial charge in [-0.15, -0.1) is 0 Å². The normalized spacial score (nSPS) is 14.2. The molecule has 0 N–H and O–H groups in total. The number of alkyl halides is 6. The van der Waals surface area contributed by atoms with Crippen LogP contribution in [0.1, 0.15) is 64.3 Å². The van der Waals surface area contributed by atoms with Crippen molar-refractivity contribution < 1.29 is 26.3 Å². The van der Waals surface area contributed by atoms with Gasteiger partial charge in [0.05, 0.1) is 0 Å². The average Bonchev–Trinajstić information content (AvgIpc) is 3.65. The van der Waals surface area contributed by atoms with Gasteiger partial charge in [0.25, 0.3) is 0 Å². The van der Waals surface area contributed by atoms with E-state index in [0.29, 0.717) is 5.30 Å². The summed E-state index contributed by atoms with van der Waals surface area (Å²) in [6.45, 7) is 9.99. The Labute approximate surface area is 268 Å². The fraction of sp³-hybridized carbons (Fsp3) is 0.375. The van der Waals surface area contributed by atoms with E-state index in [1.165, 1.54) is 12.4 Å². The Balaban J connectivity index is 1.96. The molecule has 0 saturated carbocycles. The van der Waals surface area contributed by atoms with Crippen molar-refractivity contribution in [3.8, 4) is 23.0 Å². The van der Waals surface area contributed by atoms with Gasteiger partial charge in [-0.1, -0.05) is 0 Å². The van der Waals surface area contributed by atoms with Crippen molar-refractivity contribution in [1.29, 1.82) is 0 Å². The van der Waals surface area contributed by atoms with Crippen LogP contribution in [0, 0.1) is 0 Å². The third-order valence-corrected chi connectivity index (χ3v) is 12.6. The van der Waals surface area contributed by atoms with E-state index >= 15 is 0 Å². The Morgan fingerprint density at radius 3 is 1.30 bits per heavy atom. The molecule has 0 bridgehead atoms. The predicted molar refractivity (Wildman–Crippen MR) is 170 cm³/mol. The number of hydrogen-bond donors (Lipinski definition) is 0. The first-order valence-corrected chi connectivity index (χ1v) is 17.6. The number of aromatic nitrogens is 8. The summed E-state index contributed by atoms with van der Waals surface area (Å²) >= 11 is 0. The Bertz CT molecular complexity index is 1810. The zero-order valence-electron chi connectivity index (χ0n) is 27.1. The van der Waals surface area contributed by atoms with Gasteiger partial charge >= 0.3 is 268 Å². The van der Waals surface area contributed by atoms with E-state index in [1.54, 1.807) is 67.9 Å². The molecule has 5 aromatic rings. The van der Waals surface area contributed by atoms with E-state index in [9.17, 15) is 26.3 Å². The molecule has 0 amide bonds. The number of halogens is 6. The fourth-order valence-corrected chi connectivity index (χ4v) is 8.93. The van der Waals surface area contributed by atoms with Gasteiger partial charge in [-0.05, 0) is 0 Å². The summed E-state index contributed by atoms with van der Waals surface area (Å²) in [6.07, 6.45) is -7.08. The number of benzene rings is 1. The van der Waals surface area contributed by atoms with Crippen LogP contribution in [-0.2, 0) is 23.2 Å². The number of rotatable bonds is 5. The minimum absolute atomic E-state index is 0.0552. The summed E-state index contributed by atoms with van der Waals surface area (Å²) < 4.78 is 88.6. The molecule has 4 aromatic heterocycles. The second kappa shape index (κ2) is 10.9. The van der Waals surface area contributed by atoms with E-state index in [-0.39, 0.29) is 23.0 Å². The third-order valence-electron chi connectivity index (χ3n) is 8.02. The molecule has 8 nitrogen and oxygen atoms in total. The van der Waals surface area contributed by atoms with Crippen molar-refractivity contribution in [2.24, 2.45) is 0 Å². The van der Waals surface area contributed by atoms with E-state index in [4.69, 9.17) is 0 Å². The van der Waals surface area contributed by atoms with E-state index < -0.39 is 41.7 Å². The van der Waals surface area contributed by atoms with Crippen molar-refractivity contribution in [3.05, 3.63) is 89.8 Å². The van der Waals surface area contributed by atoms with Crippen LogP contribution in [0.25, 0.3) is 23.0 Å². The molecule has 0 saturated heterocycles. The molecule has 0 unspecified atom stereocenters. The first-order chi connectivity index (χ1) is 21.5. The topological polar surface area (TPSA) is 87.2 Å². The molecule has 47 heavy (non-hydrogen) atoms. The summed E-state index contributed by atoms with van der Waals surface area (Å²) in [4.78, 5) is 16.6. The third kappa shape index (κ3) is 6.15. The van der Waals surface area contributed by atoms with Crippen LogP contribution in [0.3, 0.4) is 0 Å². The summed E-state index contributed by atoms with van der Waals surface area (Å²) in [5, 5.41) is 8.39. The van der Waals surface area contributed by atoms with Gasteiger partial charge in [-0.3, -0.25) is 0 Å². The standard InChI is InChI=1S/C32H35F6N8P/c1-29(2,3)20-14-16-39-23(18-20)25-41-27(31(33,34)35)43-45(25)47(7,8,22-12-10-9-11-13-22)46-26(42-28(44-46)32(36,37)38)24-19-21(15-17-40-24)30(4,5)6/h9-19H,1-8H3.